The van der Waals surface area contributed by atoms with Gasteiger partial charge in [-0.2, -0.15) is 0 Å². The monoisotopic (exact) mass is 460 g/mol. The number of hydrogen-bond donors (Lipinski definition) is 2. The third kappa shape index (κ3) is 36.3. The fourth-order valence-corrected chi connectivity index (χ4v) is 2.75. The summed E-state index contributed by atoms with van der Waals surface area (Å²) in [7, 11) is 0. The van der Waals surface area contributed by atoms with Gasteiger partial charge in [-0.3, -0.25) is 4.79 Å². The highest BCUT2D eigenvalue weighted by atomic mass is 79.9. The van der Waals surface area contributed by atoms with Gasteiger partial charge in [-0.25, -0.2) is 0 Å². The first kappa shape index (κ1) is 32.1. The molecule has 0 heterocycles. The van der Waals surface area contributed by atoms with Gasteiger partial charge in [0.2, 0.25) is 5.91 Å². The molecule has 0 aromatic carbocycles. The number of primary amides is 1. The molecule has 3 nitrogen and oxygen atoms in total. The molecule has 0 radical (unpaired) electrons. The number of rotatable bonds is 19. The number of allylic oxidation sites excluding steroid dienone is 2. The molecule has 0 atom stereocenters. The minimum absolute atomic E-state index is 0. The molecular weight excluding hydrogens is 412 g/mol. The third-order valence-corrected chi connectivity index (χ3v) is 4.40. The second kappa shape index (κ2) is 31.1. The Labute approximate surface area is 186 Å². The van der Waals surface area contributed by atoms with Crippen LogP contribution in [0.15, 0.2) is 24.8 Å². The molecule has 4 heteroatoms. The number of carbonyl (C=O) groups is 1. The van der Waals surface area contributed by atoms with E-state index in [1.807, 2.05) is 6.08 Å². The van der Waals surface area contributed by atoms with Crippen LogP contribution < -0.4 is 11.1 Å². The molecular formula is C24H49BrN2O. The first-order valence-corrected chi connectivity index (χ1v) is 11.4. The summed E-state index contributed by atoms with van der Waals surface area (Å²) in [6.45, 7) is 10.0. The van der Waals surface area contributed by atoms with E-state index in [-0.39, 0.29) is 22.9 Å². The fourth-order valence-electron chi connectivity index (χ4n) is 2.75. The summed E-state index contributed by atoms with van der Waals surface area (Å²) in [6.07, 6.45) is 25.0. The summed E-state index contributed by atoms with van der Waals surface area (Å²) in [5.74, 6) is -0.164. The molecule has 0 aliphatic rings. The highest BCUT2D eigenvalue weighted by Crippen LogP contribution is 2.09. The minimum Gasteiger partial charge on any atom is -0.370 e. The molecule has 28 heavy (non-hydrogen) atoms. The Kier molecular flexibility index (Phi) is 35.6. The maximum Gasteiger partial charge on any atom is 0.217 e. The number of carbonyl (C=O) groups excluding carboxylic acids is 1. The number of amides is 1. The van der Waals surface area contributed by atoms with Gasteiger partial charge in [0.1, 0.15) is 0 Å². The summed E-state index contributed by atoms with van der Waals surface area (Å²) in [5.41, 5.74) is 5.10. The van der Waals surface area contributed by atoms with Crippen molar-refractivity contribution in [1.82, 2.24) is 5.32 Å². The van der Waals surface area contributed by atoms with Crippen molar-refractivity contribution < 1.29 is 4.79 Å². The molecule has 0 unspecified atom stereocenters. The first-order valence-electron chi connectivity index (χ1n) is 11.4. The van der Waals surface area contributed by atoms with Crippen LogP contribution in [0, 0.1) is 0 Å². The van der Waals surface area contributed by atoms with Crippen molar-refractivity contribution >= 4 is 22.9 Å². The van der Waals surface area contributed by atoms with Gasteiger partial charge in [0.15, 0.2) is 0 Å². The molecule has 0 rings (SSSR count). The van der Waals surface area contributed by atoms with Gasteiger partial charge in [-0.05, 0) is 45.1 Å². The molecule has 0 aliphatic carbocycles. The quantitative estimate of drug-likeness (QED) is 0.157. The van der Waals surface area contributed by atoms with Gasteiger partial charge in [0.25, 0.3) is 0 Å². The average molecular weight is 462 g/mol. The zero-order valence-electron chi connectivity index (χ0n) is 18.9. The Morgan fingerprint density at radius 3 is 1.79 bits per heavy atom. The van der Waals surface area contributed by atoms with E-state index in [4.69, 9.17) is 5.73 Å². The Bertz CT molecular complexity index is 333. The van der Waals surface area contributed by atoms with E-state index < -0.39 is 0 Å². The molecule has 0 aromatic heterocycles. The number of halogens is 1. The minimum atomic E-state index is -0.164. The normalized spacial score (nSPS) is 10.2. The Morgan fingerprint density at radius 2 is 1.32 bits per heavy atom. The maximum atomic E-state index is 10.5. The van der Waals surface area contributed by atoms with E-state index in [2.05, 4.69) is 37.9 Å². The molecule has 0 spiro atoms. The van der Waals surface area contributed by atoms with Gasteiger partial charge in [-0.1, -0.05) is 83.4 Å². The van der Waals surface area contributed by atoms with E-state index in [1.165, 1.54) is 77.0 Å². The van der Waals surface area contributed by atoms with Crippen molar-refractivity contribution in [3.63, 3.8) is 0 Å². The number of hydrogen-bond acceptors (Lipinski definition) is 2. The lowest BCUT2D eigenvalue weighted by molar-refractivity contribution is -0.118. The summed E-state index contributed by atoms with van der Waals surface area (Å²) < 4.78 is 0. The second-order valence-electron chi connectivity index (χ2n) is 7.29. The lowest BCUT2D eigenvalue weighted by atomic mass is 10.1. The lowest BCUT2D eigenvalue weighted by Crippen LogP contribution is -2.13. The van der Waals surface area contributed by atoms with Gasteiger partial charge in [0.05, 0.1) is 0 Å². The molecule has 0 aliphatic heterocycles. The summed E-state index contributed by atoms with van der Waals surface area (Å²) in [4.78, 5) is 10.5. The van der Waals surface area contributed by atoms with E-state index in [9.17, 15) is 4.79 Å². The SMILES string of the molecule is Br.C=CCNCCC.CCCCCCCC/C=C\CCCCCCCC(N)=O. The molecule has 0 aromatic rings. The molecule has 0 saturated carbocycles. The Morgan fingerprint density at radius 1 is 0.821 bits per heavy atom. The van der Waals surface area contributed by atoms with Crippen LogP contribution in [0.25, 0.3) is 0 Å². The van der Waals surface area contributed by atoms with Crippen LogP contribution in [0.4, 0.5) is 0 Å². The van der Waals surface area contributed by atoms with Crippen molar-refractivity contribution in [1.29, 1.82) is 0 Å². The largest absolute Gasteiger partial charge is 0.370 e. The number of nitrogens with two attached hydrogens (primary N) is 1. The summed E-state index contributed by atoms with van der Waals surface area (Å²) in [6, 6.07) is 0. The van der Waals surface area contributed by atoms with E-state index in [1.54, 1.807) is 0 Å². The molecule has 0 fully saturated rings. The predicted molar refractivity (Wildman–Crippen MR) is 132 cm³/mol. The molecule has 3 N–H and O–H groups in total. The Balaban J connectivity index is -0.000000665. The van der Waals surface area contributed by atoms with Crippen LogP contribution in [0.2, 0.25) is 0 Å². The van der Waals surface area contributed by atoms with Crippen LogP contribution in [0.5, 0.6) is 0 Å². The molecule has 0 saturated heterocycles. The van der Waals surface area contributed by atoms with Crippen molar-refractivity contribution in [2.75, 3.05) is 13.1 Å². The fraction of sp³-hybridized carbons (Fsp3) is 0.792. The smallest absolute Gasteiger partial charge is 0.217 e. The zero-order valence-corrected chi connectivity index (χ0v) is 20.6. The van der Waals surface area contributed by atoms with Crippen LogP contribution in [0.3, 0.4) is 0 Å². The van der Waals surface area contributed by atoms with Crippen molar-refractivity contribution in [2.24, 2.45) is 5.73 Å². The number of nitrogens with one attached hydrogen (secondary N) is 1. The van der Waals surface area contributed by atoms with Crippen LogP contribution >= 0.6 is 17.0 Å². The molecule has 1 amide bonds. The molecule has 168 valence electrons. The molecule has 0 bridgehead atoms. The van der Waals surface area contributed by atoms with E-state index in [0.717, 1.165) is 25.9 Å². The highest BCUT2D eigenvalue weighted by molar-refractivity contribution is 8.93. The topological polar surface area (TPSA) is 55.1 Å². The van der Waals surface area contributed by atoms with Gasteiger partial charge < -0.3 is 11.1 Å². The zero-order chi connectivity index (χ0) is 20.4. The lowest BCUT2D eigenvalue weighted by Gasteiger charge is -1.99. The summed E-state index contributed by atoms with van der Waals surface area (Å²) in [5, 5.41) is 3.17. The van der Waals surface area contributed by atoms with Gasteiger partial charge in [0, 0.05) is 13.0 Å². The van der Waals surface area contributed by atoms with Crippen LogP contribution in [-0.4, -0.2) is 19.0 Å². The standard InChI is InChI=1S/C18H35NO.C6H13N.BrH/c1-2-3-4-5-6-7-8-9-10-11-12-13-14-15-16-17-18(19)20;1-3-5-7-6-4-2;/h9-10H,2-8,11-17H2,1H3,(H2,19,20);3,7H,1,4-6H2,2H3;1H/b10-9-;;. The van der Waals surface area contributed by atoms with Gasteiger partial charge in [-0.15, -0.1) is 23.6 Å². The second-order valence-corrected chi connectivity index (χ2v) is 7.29. The highest BCUT2D eigenvalue weighted by Gasteiger charge is 1.94. The Hall–Kier alpha value is -0.610. The van der Waals surface area contributed by atoms with Crippen molar-refractivity contribution in [3.05, 3.63) is 24.8 Å². The first-order chi connectivity index (χ1) is 13.2. The maximum absolute atomic E-state index is 10.5. The van der Waals surface area contributed by atoms with Crippen molar-refractivity contribution in [2.45, 2.75) is 110 Å². The average Bonchev–Trinajstić information content (AvgIpc) is 2.65. The summed E-state index contributed by atoms with van der Waals surface area (Å²) >= 11 is 0. The van der Waals surface area contributed by atoms with E-state index in [0.29, 0.717) is 6.42 Å². The predicted octanol–water partition coefficient (Wildman–Crippen LogP) is 7.26. The third-order valence-electron chi connectivity index (χ3n) is 4.40. The number of unbranched alkanes of at least 4 members (excludes halogenated alkanes) is 11. The van der Waals surface area contributed by atoms with E-state index >= 15 is 0 Å². The van der Waals surface area contributed by atoms with Crippen LogP contribution in [-0.2, 0) is 4.79 Å². The van der Waals surface area contributed by atoms with Crippen LogP contribution in [0.1, 0.15) is 110 Å². The van der Waals surface area contributed by atoms with Gasteiger partial charge >= 0.3 is 0 Å². The van der Waals surface area contributed by atoms with Crippen molar-refractivity contribution in [3.8, 4) is 0 Å².